The minimum atomic E-state index is 0.219. The van der Waals surface area contributed by atoms with Gasteiger partial charge in [-0.3, -0.25) is 0 Å². The van der Waals surface area contributed by atoms with E-state index >= 15 is 0 Å². The largest absolute Gasteiger partial charge is 0.313 e. The summed E-state index contributed by atoms with van der Waals surface area (Å²) in [5, 5.41) is 4.17. The fraction of sp³-hybridized carbons (Fsp3) is 0.294. The van der Waals surface area contributed by atoms with Crippen LogP contribution in [0.3, 0.4) is 0 Å². The Morgan fingerprint density at radius 2 is 1.90 bits per heavy atom. The van der Waals surface area contributed by atoms with Gasteiger partial charge in [0.25, 0.3) is 0 Å². The summed E-state index contributed by atoms with van der Waals surface area (Å²) < 4.78 is 1.01. The number of hydrogen-bond acceptors (Lipinski definition) is 1. The molecule has 1 N–H and O–H groups in total. The highest BCUT2D eigenvalue weighted by atomic mass is 79.9. The van der Waals surface area contributed by atoms with Crippen molar-refractivity contribution in [2.24, 2.45) is 0 Å². The van der Waals surface area contributed by atoms with Crippen molar-refractivity contribution >= 4 is 27.5 Å². The molecule has 0 bridgehead atoms. The molecule has 0 heterocycles. The topological polar surface area (TPSA) is 12.0 Å². The molecule has 0 amide bonds. The lowest BCUT2D eigenvalue weighted by Crippen LogP contribution is -2.19. The molecular formula is C17H19BrClN. The van der Waals surface area contributed by atoms with E-state index in [-0.39, 0.29) is 6.04 Å². The molecule has 106 valence electrons. The van der Waals surface area contributed by atoms with Gasteiger partial charge in [-0.15, -0.1) is 0 Å². The third-order valence-corrected chi connectivity index (χ3v) is 4.44. The normalized spacial score (nSPS) is 12.4. The monoisotopic (exact) mass is 351 g/mol. The molecule has 1 nitrogen and oxygen atoms in total. The molecule has 1 atom stereocenters. The number of hydrogen-bond donors (Lipinski definition) is 1. The molecule has 2 aromatic rings. The average molecular weight is 353 g/mol. The van der Waals surface area contributed by atoms with E-state index in [2.05, 4.69) is 59.4 Å². The fourth-order valence-corrected chi connectivity index (χ4v) is 3.20. The summed E-state index contributed by atoms with van der Waals surface area (Å²) in [6.45, 7) is 4.29. The van der Waals surface area contributed by atoms with Gasteiger partial charge in [-0.2, -0.15) is 0 Å². The van der Waals surface area contributed by atoms with E-state index in [0.717, 1.165) is 21.5 Å². The Morgan fingerprint density at radius 3 is 2.55 bits per heavy atom. The van der Waals surface area contributed by atoms with Gasteiger partial charge in [0.1, 0.15) is 0 Å². The van der Waals surface area contributed by atoms with Crippen molar-refractivity contribution in [3.63, 3.8) is 0 Å². The first kappa shape index (κ1) is 15.6. The van der Waals surface area contributed by atoms with Gasteiger partial charge < -0.3 is 5.32 Å². The Morgan fingerprint density at radius 1 is 1.15 bits per heavy atom. The van der Waals surface area contributed by atoms with Crippen molar-refractivity contribution in [1.29, 1.82) is 0 Å². The van der Waals surface area contributed by atoms with E-state index in [1.807, 2.05) is 19.2 Å². The zero-order chi connectivity index (χ0) is 14.7. The summed E-state index contributed by atoms with van der Waals surface area (Å²) in [5.41, 5.74) is 5.12. The third-order valence-electron chi connectivity index (χ3n) is 3.62. The van der Waals surface area contributed by atoms with Gasteiger partial charge in [0.05, 0.1) is 0 Å². The van der Waals surface area contributed by atoms with Crippen molar-refractivity contribution in [2.75, 3.05) is 7.05 Å². The van der Waals surface area contributed by atoms with Gasteiger partial charge in [-0.25, -0.2) is 0 Å². The van der Waals surface area contributed by atoms with E-state index in [9.17, 15) is 0 Å². The maximum absolute atomic E-state index is 6.37. The molecule has 0 spiro atoms. The van der Waals surface area contributed by atoms with Gasteiger partial charge in [0.15, 0.2) is 0 Å². The SMILES string of the molecule is CNC(Cc1cc(C)ccc1C)c1ccc(Br)cc1Cl. The van der Waals surface area contributed by atoms with Crippen LogP contribution in [0.2, 0.25) is 5.02 Å². The summed E-state index contributed by atoms with van der Waals surface area (Å²) in [6, 6.07) is 12.9. The van der Waals surface area contributed by atoms with Crippen LogP contribution in [0.4, 0.5) is 0 Å². The average Bonchev–Trinajstić information content (AvgIpc) is 2.40. The van der Waals surface area contributed by atoms with Crippen LogP contribution in [-0.4, -0.2) is 7.05 Å². The van der Waals surface area contributed by atoms with E-state index in [1.165, 1.54) is 16.7 Å². The Hall–Kier alpha value is -0.830. The first-order valence-electron chi connectivity index (χ1n) is 6.69. The van der Waals surface area contributed by atoms with Gasteiger partial charge in [0.2, 0.25) is 0 Å². The second-order valence-corrected chi connectivity index (χ2v) is 6.46. The van der Waals surface area contributed by atoms with Crippen LogP contribution < -0.4 is 5.32 Å². The molecule has 3 heteroatoms. The molecule has 0 saturated heterocycles. The van der Waals surface area contributed by atoms with E-state index in [0.29, 0.717) is 0 Å². The van der Waals surface area contributed by atoms with Crippen molar-refractivity contribution in [3.05, 3.63) is 68.1 Å². The predicted octanol–water partition coefficient (Wildman–Crippen LogP) is 5.22. The van der Waals surface area contributed by atoms with Gasteiger partial charge in [-0.05, 0) is 56.1 Å². The Kier molecular flexibility index (Phi) is 5.25. The summed E-state index contributed by atoms with van der Waals surface area (Å²) in [6.07, 6.45) is 0.936. The summed E-state index contributed by atoms with van der Waals surface area (Å²) >= 11 is 9.82. The van der Waals surface area contributed by atoms with Crippen molar-refractivity contribution in [1.82, 2.24) is 5.32 Å². The first-order valence-corrected chi connectivity index (χ1v) is 7.86. The summed E-state index contributed by atoms with van der Waals surface area (Å²) in [4.78, 5) is 0. The molecule has 0 aromatic heterocycles. The van der Waals surface area contributed by atoms with Crippen molar-refractivity contribution in [2.45, 2.75) is 26.3 Å². The van der Waals surface area contributed by atoms with Crippen LogP contribution >= 0.6 is 27.5 Å². The van der Waals surface area contributed by atoms with Gasteiger partial charge in [-0.1, -0.05) is 57.4 Å². The summed E-state index contributed by atoms with van der Waals surface area (Å²) in [7, 11) is 1.98. The molecular weight excluding hydrogens is 334 g/mol. The number of benzene rings is 2. The van der Waals surface area contributed by atoms with Crippen LogP contribution in [-0.2, 0) is 6.42 Å². The predicted molar refractivity (Wildman–Crippen MR) is 90.6 cm³/mol. The van der Waals surface area contributed by atoms with Crippen molar-refractivity contribution < 1.29 is 0 Å². The van der Waals surface area contributed by atoms with Gasteiger partial charge >= 0.3 is 0 Å². The molecule has 0 fully saturated rings. The second kappa shape index (κ2) is 6.75. The highest BCUT2D eigenvalue weighted by Crippen LogP contribution is 2.29. The molecule has 0 radical (unpaired) electrons. The minimum Gasteiger partial charge on any atom is -0.313 e. The quantitative estimate of drug-likeness (QED) is 0.795. The standard InChI is InChI=1S/C17H19BrClN/c1-11-4-5-12(2)13(8-11)9-17(20-3)15-7-6-14(18)10-16(15)19/h4-8,10,17,20H,9H2,1-3H3. The molecule has 0 aliphatic heterocycles. The maximum atomic E-state index is 6.37. The van der Waals surface area contributed by atoms with E-state index in [1.54, 1.807) is 0 Å². The zero-order valence-corrected chi connectivity index (χ0v) is 14.3. The Labute approximate surface area is 134 Å². The number of halogens is 2. The Balaban J connectivity index is 2.31. The first-order chi connectivity index (χ1) is 9.51. The number of nitrogens with one attached hydrogen (secondary N) is 1. The maximum Gasteiger partial charge on any atom is 0.0465 e. The minimum absolute atomic E-state index is 0.219. The van der Waals surface area contributed by atoms with E-state index < -0.39 is 0 Å². The van der Waals surface area contributed by atoms with Crippen LogP contribution in [0.25, 0.3) is 0 Å². The van der Waals surface area contributed by atoms with Crippen LogP contribution in [0, 0.1) is 13.8 Å². The molecule has 2 aromatic carbocycles. The third kappa shape index (κ3) is 3.63. The van der Waals surface area contributed by atoms with Crippen molar-refractivity contribution in [3.8, 4) is 0 Å². The zero-order valence-electron chi connectivity index (χ0n) is 12.0. The number of likely N-dealkylation sites (N-methyl/N-ethyl adjacent to an activating group) is 1. The molecule has 20 heavy (non-hydrogen) atoms. The number of aryl methyl sites for hydroxylation is 2. The lowest BCUT2D eigenvalue weighted by Gasteiger charge is -2.20. The van der Waals surface area contributed by atoms with Crippen LogP contribution in [0.1, 0.15) is 28.3 Å². The van der Waals surface area contributed by atoms with E-state index in [4.69, 9.17) is 11.6 Å². The fourth-order valence-electron chi connectivity index (χ4n) is 2.39. The highest BCUT2D eigenvalue weighted by molar-refractivity contribution is 9.10. The number of rotatable bonds is 4. The molecule has 2 rings (SSSR count). The lowest BCUT2D eigenvalue weighted by molar-refractivity contribution is 0.590. The van der Waals surface area contributed by atoms with Crippen LogP contribution in [0.15, 0.2) is 40.9 Å². The Bertz CT molecular complexity index is 610. The molecule has 0 aliphatic rings. The molecule has 1 unspecified atom stereocenters. The summed E-state index contributed by atoms with van der Waals surface area (Å²) in [5.74, 6) is 0. The smallest absolute Gasteiger partial charge is 0.0465 e. The van der Waals surface area contributed by atoms with Crippen LogP contribution in [0.5, 0.6) is 0 Å². The second-order valence-electron chi connectivity index (χ2n) is 5.14. The molecule has 0 aliphatic carbocycles. The molecule has 0 saturated carbocycles. The van der Waals surface area contributed by atoms with Gasteiger partial charge in [0, 0.05) is 15.5 Å². The highest BCUT2D eigenvalue weighted by Gasteiger charge is 2.15. The lowest BCUT2D eigenvalue weighted by atomic mass is 9.95.